The van der Waals surface area contributed by atoms with E-state index in [4.69, 9.17) is 34.8 Å². The van der Waals surface area contributed by atoms with Gasteiger partial charge in [0.05, 0.1) is 4.92 Å². The molecular formula is C15H11BrCl3N3O3. The normalized spacial score (nSPS) is 12.3. The van der Waals surface area contributed by atoms with Crippen molar-refractivity contribution in [2.75, 3.05) is 5.32 Å². The number of nitrogens with zero attached hydrogens (tertiary/aromatic N) is 1. The molecule has 2 aromatic carbocycles. The smallest absolute Gasteiger partial charge is 0.269 e. The van der Waals surface area contributed by atoms with Crippen LogP contribution in [0.3, 0.4) is 0 Å². The van der Waals surface area contributed by atoms with Gasteiger partial charge >= 0.3 is 0 Å². The highest BCUT2D eigenvalue weighted by atomic mass is 79.9. The van der Waals surface area contributed by atoms with E-state index in [0.29, 0.717) is 5.69 Å². The summed E-state index contributed by atoms with van der Waals surface area (Å²) in [5.41, 5.74) is 0.702. The predicted molar refractivity (Wildman–Crippen MR) is 102 cm³/mol. The van der Waals surface area contributed by atoms with Crippen LogP contribution in [0, 0.1) is 10.1 Å². The Balaban J connectivity index is 2.14. The standard InChI is InChI=1S/C15H11BrCl3N3O3/c16-10-3-5-11(6-4-10)20-14(15(17,18)19)21-13(23)9-1-7-12(8-2-9)22(24)25/h1-8,14,20H,(H,21,23). The number of nitro benzene ring substituents is 1. The van der Waals surface area contributed by atoms with Crippen molar-refractivity contribution in [2.45, 2.75) is 9.96 Å². The van der Waals surface area contributed by atoms with E-state index in [0.717, 1.165) is 4.47 Å². The van der Waals surface area contributed by atoms with E-state index < -0.39 is 20.8 Å². The van der Waals surface area contributed by atoms with E-state index >= 15 is 0 Å². The SMILES string of the molecule is O=C(NC(Nc1ccc(Br)cc1)C(Cl)(Cl)Cl)c1ccc([N+](=O)[O-])cc1. The number of hydrogen-bond acceptors (Lipinski definition) is 4. The first-order valence-corrected chi connectivity index (χ1v) is 8.73. The van der Waals surface area contributed by atoms with E-state index in [2.05, 4.69) is 26.6 Å². The van der Waals surface area contributed by atoms with Crippen molar-refractivity contribution in [3.8, 4) is 0 Å². The van der Waals surface area contributed by atoms with Crippen LogP contribution in [-0.2, 0) is 0 Å². The molecular weight excluding hydrogens is 456 g/mol. The van der Waals surface area contributed by atoms with Crippen molar-refractivity contribution in [1.29, 1.82) is 0 Å². The van der Waals surface area contributed by atoms with Crippen molar-refractivity contribution in [3.63, 3.8) is 0 Å². The van der Waals surface area contributed by atoms with Crippen LogP contribution >= 0.6 is 50.7 Å². The number of hydrogen-bond donors (Lipinski definition) is 2. The van der Waals surface area contributed by atoms with Gasteiger partial charge in [0.2, 0.25) is 3.79 Å². The molecule has 0 fully saturated rings. The number of amides is 1. The second-order valence-corrected chi connectivity index (χ2v) is 8.19. The Bertz CT molecular complexity index is 764. The third-order valence-electron chi connectivity index (χ3n) is 3.10. The second-order valence-electron chi connectivity index (χ2n) is 4.90. The number of anilines is 1. The molecule has 0 radical (unpaired) electrons. The molecule has 1 amide bonds. The van der Waals surface area contributed by atoms with Gasteiger partial charge in [0.15, 0.2) is 0 Å². The highest BCUT2D eigenvalue weighted by Gasteiger charge is 2.34. The van der Waals surface area contributed by atoms with E-state index in [-0.39, 0.29) is 11.3 Å². The molecule has 10 heteroatoms. The Hall–Kier alpha value is -1.54. The minimum absolute atomic E-state index is 0.123. The molecule has 6 nitrogen and oxygen atoms in total. The number of alkyl halides is 3. The van der Waals surface area contributed by atoms with Crippen molar-refractivity contribution in [3.05, 3.63) is 68.7 Å². The van der Waals surface area contributed by atoms with Gasteiger partial charge in [-0.05, 0) is 36.4 Å². The molecule has 0 aromatic heterocycles. The number of nitrogens with one attached hydrogen (secondary N) is 2. The maximum Gasteiger partial charge on any atom is 0.269 e. The molecule has 2 rings (SSSR count). The van der Waals surface area contributed by atoms with Crippen LogP contribution in [0.4, 0.5) is 11.4 Å². The number of halogens is 4. The summed E-state index contributed by atoms with van der Waals surface area (Å²) in [4.78, 5) is 22.4. The molecule has 0 saturated heterocycles. The van der Waals surface area contributed by atoms with E-state index in [1.54, 1.807) is 24.3 Å². The first kappa shape index (κ1) is 19.8. The van der Waals surface area contributed by atoms with Gasteiger partial charge in [-0.1, -0.05) is 50.7 Å². The fraction of sp³-hybridized carbons (Fsp3) is 0.133. The summed E-state index contributed by atoms with van der Waals surface area (Å²) in [5.74, 6) is -0.546. The average Bonchev–Trinajstić information content (AvgIpc) is 2.55. The van der Waals surface area contributed by atoms with E-state index in [1.807, 2.05) is 0 Å². The van der Waals surface area contributed by atoms with Crippen LogP contribution in [0.15, 0.2) is 53.0 Å². The summed E-state index contributed by atoms with van der Waals surface area (Å²) in [6.45, 7) is 0. The maximum absolute atomic E-state index is 12.3. The van der Waals surface area contributed by atoms with Gasteiger partial charge < -0.3 is 10.6 Å². The van der Waals surface area contributed by atoms with Crippen molar-refractivity contribution >= 4 is 68.0 Å². The number of benzene rings is 2. The van der Waals surface area contributed by atoms with Crippen LogP contribution in [0.5, 0.6) is 0 Å². The van der Waals surface area contributed by atoms with Crippen molar-refractivity contribution in [1.82, 2.24) is 5.32 Å². The lowest BCUT2D eigenvalue weighted by Gasteiger charge is -2.27. The number of nitro groups is 1. The molecule has 0 aliphatic heterocycles. The number of non-ortho nitro benzene ring substituents is 1. The lowest BCUT2D eigenvalue weighted by atomic mass is 10.2. The minimum atomic E-state index is -1.83. The molecule has 25 heavy (non-hydrogen) atoms. The van der Waals surface area contributed by atoms with Gasteiger partial charge in [0, 0.05) is 27.9 Å². The molecule has 132 valence electrons. The Labute approximate surface area is 166 Å². The van der Waals surface area contributed by atoms with Crippen LogP contribution in [-0.4, -0.2) is 20.8 Å². The molecule has 0 saturated carbocycles. The van der Waals surface area contributed by atoms with Crippen LogP contribution < -0.4 is 10.6 Å². The molecule has 0 bridgehead atoms. The Morgan fingerprint density at radius 1 is 1.08 bits per heavy atom. The summed E-state index contributed by atoms with van der Waals surface area (Å²) in [7, 11) is 0. The molecule has 0 heterocycles. The highest BCUT2D eigenvalue weighted by molar-refractivity contribution is 9.10. The van der Waals surface area contributed by atoms with Gasteiger partial charge in [-0.2, -0.15) is 0 Å². The molecule has 0 spiro atoms. The zero-order valence-corrected chi connectivity index (χ0v) is 16.2. The zero-order chi connectivity index (χ0) is 18.6. The first-order valence-electron chi connectivity index (χ1n) is 6.81. The Kier molecular flexibility index (Phi) is 6.51. The molecule has 2 N–H and O–H groups in total. The summed E-state index contributed by atoms with van der Waals surface area (Å²) in [6.07, 6.45) is -1.03. The zero-order valence-electron chi connectivity index (χ0n) is 12.4. The van der Waals surface area contributed by atoms with Crippen molar-refractivity contribution < 1.29 is 9.72 Å². The third kappa shape index (κ3) is 5.74. The molecule has 0 aliphatic rings. The average molecular weight is 468 g/mol. The number of rotatable bonds is 5. The van der Waals surface area contributed by atoms with Crippen LogP contribution in [0.1, 0.15) is 10.4 Å². The summed E-state index contributed by atoms with van der Waals surface area (Å²) < 4.78 is -0.956. The summed E-state index contributed by atoms with van der Waals surface area (Å²) >= 11 is 21.1. The van der Waals surface area contributed by atoms with Crippen molar-refractivity contribution in [2.24, 2.45) is 0 Å². The molecule has 1 unspecified atom stereocenters. The minimum Gasteiger partial charge on any atom is -0.362 e. The molecule has 2 aromatic rings. The van der Waals surface area contributed by atoms with Crippen LogP contribution in [0.2, 0.25) is 0 Å². The van der Waals surface area contributed by atoms with Gasteiger partial charge in [-0.3, -0.25) is 14.9 Å². The Morgan fingerprint density at radius 2 is 1.64 bits per heavy atom. The van der Waals surface area contributed by atoms with Gasteiger partial charge in [-0.15, -0.1) is 0 Å². The van der Waals surface area contributed by atoms with Gasteiger partial charge in [-0.25, -0.2) is 0 Å². The first-order chi connectivity index (χ1) is 11.7. The largest absolute Gasteiger partial charge is 0.362 e. The highest BCUT2D eigenvalue weighted by Crippen LogP contribution is 2.31. The number of carbonyl (C=O) groups is 1. The fourth-order valence-electron chi connectivity index (χ4n) is 1.86. The van der Waals surface area contributed by atoms with Gasteiger partial charge in [0.1, 0.15) is 6.17 Å². The van der Waals surface area contributed by atoms with E-state index in [1.165, 1.54) is 24.3 Å². The monoisotopic (exact) mass is 465 g/mol. The quantitative estimate of drug-likeness (QED) is 0.284. The lowest BCUT2D eigenvalue weighted by molar-refractivity contribution is -0.384. The topological polar surface area (TPSA) is 84.3 Å². The second kappa shape index (κ2) is 8.23. The molecule has 1 atom stereocenters. The maximum atomic E-state index is 12.3. The summed E-state index contributed by atoms with van der Waals surface area (Å²) in [6, 6.07) is 12.1. The fourth-order valence-corrected chi connectivity index (χ4v) is 2.45. The van der Waals surface area contributed by atoms with Gasteiger partial charge in [0.25, 0.3) is 11.6 Å². The number of carbonyl (C=O) groups excluding carboxylic acids is 1. The van der Waals surface area contributed by atoms with E-state index in [9.17, 15) is 14.9 Å². The Morgan fingerprint density at radius 3 is 2.12 bits per heavy atom. The predicted octanol–water partition coefficient (Wildman–Crippen LogP) is 4.90. The molecule has 0 aliphatic carbocycles. The summed E-state index contributed by atoms with van der Waals surface area (Å²) in [5, 5.41) is 16.1. The lowest BCUT2D eigenvalue weighted by Crippen LogP contribution is -2.49. The third-order valence-corrected chi connectivity index (χ3v) is 4.28. The van der Waals surface area contributed by atoms with Crippen LogP contribution in [0.25, 0.3) is 0 Å².